The summed E-state index contributed by atoms with van der Waals surface area (Å²) in [6.07, 6.45) is 1.84. The smallest absolute Gasteiger partial charge is 0.242 e. The van der Waals surface area contributed by atoms with E-state index in [4.69, 9.17) is 0 Å². The lowest BCUT2D eigenvalue weighted by atomic mass is 10.1. The van der Waals surface area contributed by atoms with Gasteiger partial charge in [-0.05, 0) is 55.5 Å². The zero-order valence-electron chi connectivity index (χ0n) is 21.8. The summed E-state index contributed by atoms with van der Waals surface area (Å²) in [5, 5.41) is 2.93. The molecule has 1 atom stereocenters. The summed E-state index contributed by atoms with van der Waals surface area (Å²) in [7, 11) is -3.63. The molecule has 0 heterocycles. The Kier molecular flexibility index (Phi) is 10.9. The highest BCUT2D eigenvalue weighted by Crippen LogP contribution is 2.20. The van der Waals surface area contributed by atoms with Gasteiger partial charge in [-0.15, -0.1) is 0 Å². The van der Waals surface area contributed by atoms with Crippen LogP contribution in [0.1, 0.15) is 51.2 Å². The van der Waals surface area contributed by atoms with Crippen molar-refractivity contribution in [2.75, 3.05) is 23.7 Å². The molecule has 2 aromatic carbocycles. The van der Waals surface area contributed by atoms with Gasteiger partial charge >= 0.3 is 0 Å². The molecule has 7 nitrogen and oxygen atoms in total. The van der Waals surface area contributed by atoms with Crippen LogP contribution in [0.2, 0.25) is 0 Å². The number of carbonyl (C=O) groups is 2. The van der Waals surface area contributed by atoms with E-state index in [9.17, 15) is 22.4 Å². The monoisotopic (exact) mass is 519 g/mol. The van der Waals surface area contributed by atoms with E-state index in [0.29, 0.717) is 18.7 Å². The molecule has 0 saturated heterocycles. The number of nitrogens with zero attached hydrogens (tertiary/aromatic N) is 2. The number of benzene rings is 2. The average Bonchev–Trinajstić information content (AvgIpc) is 2.80. The molecule has 0 unspecified atom stereocenters. The second kappa shape index (κ2) is 13.4. The Morgan fingerprint density at radius 3 is 2.31 bits per heavy atom. The molecule has 0 bridgehead atoms. The molecule has 198 valence electrons. The van der Waals surface area contributed by atoms with E-state index >= 15 is 0 Å². The number of aryl methyl sites for hydroxylation is 1. The van der Waals surface area contributed by atoms with Crippen molar-refractivity contribution in [2.24, 2.45) is 5.92 Å². The molecule has 2 aromatic rings. The van der Waals surface area contributed by atoms with Gasteiger partial charge in [-0.3, -0.25) is 13.9 Å². The number of rotatable bonds is 13. The lowest BCUT2D eigenvalue weighted by Gasteiger charge is -2.31. The zero-order valence-corrected chi connectivity index (χ0v) is 22.6. The fourth-order valence-corrected chi connectivity index (χ4v) is 4.93. The lowest BCUT2D eigenvalue weighted by molar-refractivity contribution is -0.141. The van der Waals surface area contributed by atoms with Crippen molar-refractivity contribution < 1.29 is 22.4 Å². The van der Waals surface area contributed by atoms with Crippen molar-refractivity contribution >= 4 is 27.5 Å². The minimum atomic E-state index is -3.63. The van der Waals surface area contributed by atoms with Crippen LogP contribution in [0.15, 0.2) is 48.5 Å². The molecule has 0 fully saturated rings. The SMILES string of the molecule is CC[C@@H](C(=O)NCC(C)C)N(Cc1cccc(C)c1)C(=O)CCCN(c1ccc(F)cc1)S(C)(=O)=O. The van der Waals surface area contributed by atoms with E-state index in [1.165, 1.54) is 24.3 Å². The first-order valence-electron chi connectivity index (χ1n) is 12.3. The zero-order chi connectivity index (χ0) is 26.9. The van der Waals surface area contributed by atoms with E-state index in [-0.39, 0.29) is 43.7 Å². The van der Waals surface area contributed by atoms with Crippen LogP contribution in [0, 0.1) is 18.7 Å². The largest absolute Gasteiger partial charge is 0.354 e. The molecule has 2 amide bonds. The van der Waals surface area contributed by atoms with E-state index in [1.807, 2.05) is 52.0 Å². The minimum Gasteiger partial charge on any atom is -0.354 e. The minimum absolute atomic E-state index is 0.0603. The molecule has 0 spiro atoms. The van der Waals surface area contributed by atoms with Crippen molar-refractivity contribution in [3.63, 3.8) is 0 Å². The Balaban J connectivity index is 2.20. The summed E-state index contributed by atoms with van der Waals surface area (Å²) in [5.74, 6) is -0.608. The average molecular weight is 520 g/mol. The first-order valence-corrected chi connectivity index (χ1v) is 14.1. The highest BCUT2D eigenvalue weighted by Gasteiger charge is 2.29. The summed E-state index contributed by atoms with van der Waals surface area (Å²) in [6.45, 7) is 8.71. The third-order valence-electron chi connectivity index (χ3n) is 5.77. The quantitative estimate of drug-likeness (QED) is 0.428. The van der Waals surface area contributed by atoms with Gasteiger partial charge in [0, 0.05) is 26.1 Å². The molecule has 0 aliphatic heterocycles. The number of nitrogens with one attached hydrogen (secondary N) is 1. The number of sulfonamides is 1. The standard InChI is InChI=1S/C27H38FN3O4S/c1-6-25(27(33)29-18-20(2)3)30(19-22-10-7-9-21(4)17-22)26(32)11-8-16-31(36(5,34)35)24-14-12-23(28)13-15-24/h7,9-10,12-15,17,20,25H,6,8,11,16,18-19H2,1-5H3,(H,29,33)/t25-/m0/s1. The molecular formula is C27H38FN3O4S. The van der Waals surface area contributed by atoms with Gasteiger partial charge in [0.05, 0.1) is 11.9 Å². The lowest BCUT2D eigenvalue weighted by Crippen LogP contribution is -2.49. The maximum Gasteiger partial charge on any atom is 0.242 e. The van der Waals surface area contributed by atoms with Crippen LogP contribution in [0.3, 0.4) is 0 Å². The maximum atomic E-state index is 13.4. The van der Waals surface area contributed by atoms with Gasteiger partial charge in [-0.25, -0.2) is 12.8 Å². The fourth-order valence-electron chi connectivity index (χ4n) is 3.96. The van der Waals surface area contributed by atoms with Crippen molar-refractivity contribution in [1.29, 1.82) is 0 Å². The molecule has 0 radical (unpaired) electrons. The van der Waals surface area contributed by atoms with Crippen LogP contribution >= 0.6 is 0 Å². The molecule has 9 heteroatoms. The maximum absolute atomic E-state index is 13.4. The Labute approximate surface area is 214 Å². The van der Waals surface area contributed by atoms with Gasteiger partial charge in [0.2, 0.25) is 21.8 Å². The van der Waals surface area contributed by atoms with Crippen LogP contribution in [0.4, 0.5) is 10.1 Å². The third-order valence-corrected chi connectivity index (χ3v) is 6.97. The number of hydrogen-bond acceptors (Lipinski definition) is 4. The van der Waals surface area contributed by atoms with Gasteiger partial charge in [0.1, 0.15) is 11.9 Å². The Hall–Kier alpha value is -2.94. The van der Waals surface area contributed by atoms with Crippen LogP contribution in [0.5, 0.6) is 0 Å². The topological polar surface area (TPSA) is 86.8 Å². The number of hydrogen-bond donors (Lipinski definition) is 1. The summed E-state index contributed by atoms with van der Waals surface area (Å²) < 4.78 is 39.2. The summed E-state index contributed by atoms with van der Waals surface area (Å²) in [4.78, 5) is 28.0. The second-order valence-electron chi connectivity index (χ2n) is 9.49. The van der Waals surface area contributed by atoms with Gasteiger partial charge in [-0.2, -0.15) is 0 Å². The van der Waals surface area contributed by atoms with Crippen LogP contribution in [-0.2, 0) is 26.2 Å². The van der Waals surface area contributed by atoms with E-state index in [0.717, 1.165) is 21.7 Å². The van der Waals surface area contributed by atoms with Crippen LogP contribution < -0.4 is 9.62 Å². The van der Waals surface area contributed by atoms with Crippen molar-refractivity contribution in [1.82, 2.24) is 10.2 Å². The molecule has 0 aliphatic carbocycles. The van der Waals surface area contributed by atoms with E-state index in [1.54, 1.807) is 4.90 Å². The second-order valence-corrected chi connectivity index (χ2v) is 11.4. The number of anilines is 1. The fraction of sp³-hybridized carbons (Fsp3) is 0.481. The molecule has 2 rings (SSSR count). The first-order chi connectivity index (χ1) is 16.9. The molecule has 0 saturated carbocycles. The van der Waals surface area contributed by atoms with Crippen molar-refractivity contribution in [3.05, 3.63) is 65.5 Å². The molecular weight excluding hydrogens is 481 g/mol. The number of amides is 2. The normalized spacial score (nSPS) is 12.3. The van der Waals surface area contributed by atoms with Gasteiger partial charge in [0.15, 0.2) is 0 Å². The summed E-state index contributed by atoms with van der Waals surface area (Å²) in [6, 6.07) is 12.3. The Morgan fingerprint density at radius 2 is 1.75 bits per heavy atom. The van der Waals surface area contributed by atoms with Gasteiger partial charge in [0.25, 0.3) is 0 Å². The Morgan fingerprint density at radius 1 is 1.08 bits per heavy atom. The first kappa shape index (κ1) is 29.3. The van der Waals surface area contributed by atoms with E-state index < -0.39 is 21.9 Å². The van der Waals surface area contributed by atoms with Crippen LogP contribution in [0.25, 0.3) is 0 Å². The van der Waals surface area contributed by atoms with Crippen molar-refractivity contribution in [2.45, 2.75) is 59.5 Å². The number of halogens is 1. The molecule has 0 aliphatic rings. The van der Waals surface area contributed by atoms with Crippen molar-refractivity contribution in [3.8, 4) is 0 Å². The summed E-state index contributed by atoms with van der Waals surface area (Å²) in [5.41, 5.74) is 2.31. The predicted octanol–water partition coefficient (Wildman–Crippen LogP) is 4.26. The third kappa shape index (κ3) is 8.93. The number of carbonyl (C=O) groups excluding carboxylic acids is 2. The highest BCUT2D eigenvalue weighted by atomic mass is 32.2. The van der Waals surface area contributed by atoms with Crippen LogP contribution in [-0.4, -0.2) is 50.5 Å². The molecule has 0 aromatic heterocycles. The molecule has 36 heavy (non-hydrogen) atoms. The highest BCUT2D eigenvalue weighted by molar-refractivity contribution is 7.92. The Bertz CT molecular complexity index is 1120. The predicted molar refractivity (Wildman–Crippen MR) is 141 cm³/mol. The summed E-state index contributed by atoms with van der Waals surface area (Å²) >= 11 is 0. The van der Waals surface area contributed by atoms with Gasteiger partial charge in [-0.1, -0.05) is 50.6 Å². The van der Waals surface area contributed by atoms with Gasteiger partial charge < -0.3 is 10.2 Å². The van der Waals surface area contributed by atoms with E-state index in [2.05, 4.69) is 5.32 Å². The molecule has 1 N–H and O–H groups in total.